The van der Waals surface area contributed by atoms with Crippen LogP contribution in [0.5, 0.6) is 0 Å². The van der Waals surface area contributed by atoms with Gasteiger partial charge in [0.05, 0.1) is 18.2 Å². The minimum atomic E-state index is -3.66. The van der Waals surface area contributed by atoms with Gasteiger partial charge < -0.3 is 5.32 Å². The summed E-state index contributed by atoms with van der Waals surface area (Å²) in [6.45, 7) is 6.79. The molecule has 26 heavy (non-hydrogen) atoms. The molecule has 0 spiro atoms. The van der Waals surface area contributed by atoms with Crippen molar-refractivity contribution in [1.29, 1.82) is 0 Å². The minimum Gasteiger partial charge on any atom is -0.343 e. The summed E-state index contributed by atoms with van der Waals surface area (Å²) in [5.74, 6) is 2.47. The lowest BCUT2D eigenvalue weighted by molar-refractivity contribution is 0.121. The lowest BCUT2D eigenvalue weighted by atomic mass is 9.74. The largest absolute Gasteiger partial charge is 0.343 e. The molecule has 6 nitrogen and oxygen atoms in total. The maximum absolute atomic E-state index is 12.4. The van der Waals surface area contributed by atoms with E-state index in [0.717, 1.165) is 18.4 Å². The van der Waals surface area contributed by atoms with Crippen molar-refractivity contribution in [1.82, 2.24) is 14.9 Å². The number of halogens is 1. The summed E-state index contributed by atoms with van der Waals surface area (Å²) in [7, 11) is -3.66. The summed E-state index contributed by atoms with van der Waals surface area (Å²) >= 11 is 5.81. The second-order valence-corrected chi connectivity index (χ2v) is 9.54. The van der Waals surface area contributed by atoms with E-state index in [1.807, 2.05) is 0 Å². The van der Waals surface area contributed by atoms with Crippen LogP contribution < -0.4 is 10.0 Å². The first-order valence-corrected chi connectivity index (χ1v) is 11.0. The fourth-order valence-electron chi connectivity index (χ4n) is 3.74. The van der Waals surface area contributed by atoms with E-state index < -0.39 is 10.0 Å². The smallest absolute Gasteiger partial charge is 0.264 e. The molecule has 1 saturated carbocycles. The van der Waals surface area contributed by atoms with Crippen LogP contribution in [0.4, 0.5) is 0 Å². The normalized spacial score (nSPS) is 27.5. The molecule has 0 aromatic heterocycles. The fourth-order valence-corrected chi connectivity index (χ4v) is 4.86. The number of benzene rings is 1. The second-order valence-electron chi connectivity index (χ2n) is 7.42. The van der Waals surface area contributed by atoms with E-state index in [-0.39, 0.29) is 4.90 Å². The van der Waals surface area contributed by atoms with Crippen molar-refractivity contribution < 1.29 is 8.42 Å². The second kappa shape index (κ2) is 8.15. The molecule has 3 rings (SSSR count). The molecule has 2 aliphatic rings. The Labute approximate surface area is 161 Å². The van der Waals surface area contributed by atoms with Gasteiger partial charge in [0.15, 0.2) is 0 Å². The molecular weight excluding hydrogens is 372 g/mol. The van der Waals surface area contributed by atoms with Gasteiger partial charge in [0.1, 0.15) is 0 Å². The molecule has 3 unspecified atom stereocenters. The number of nitrogens with one attached hydrogen (secondary N) is 2. The van der Waals surface area contributed by atoms with Gasteiger partial charge in [-0.3, -0.25) is 4.90 Å². The van der Waals surface area contributed by atoms with Gasteiger partial charge in [-0.05, 0) is 48.4 Å². The Morgan fingerprint density at radius 3 is 2.65 bits per heavy atom. The van der Waals surface area contributed by atoms with Crippen molar-refractivity contribution in [2.24, 2.45) is 22.7 Å². The van der Waals surface area contributed by atoms with Crippen molar-refractivity contribution in [3.8, 4) is 0 Å². The molecule has 0 bridgehead atoms. The Bertz CT molecular complexity index is 751. The molecule has 1 fully saturated rings. The first kappa shape index (κ1) is 19.5. The molecule has 1 heterocycles. The third-order valence-corrected chi connectivity index (χ3v) is 7.23. The third kappa shape index (κ3) is 4.69. The molecule has 3 atom stereocenters. The number of aliphatic imine (C=N–C) groups is 1. The van der Waals surface area contributed by atoms with Gasteiger partial charge in [-0.25, -0.2) is 18.1 Å². The van der Waals surface area contributed by atoms with Crippen LogP contribution in [0.2, 0.25) is 5.02 Å². The van der Waals surface area contributed by atoms with Crippen molar-refractivity contribution in [2.75, 3.05) is 19.9 Å². The zero-order valence-corrected chi connectivity index (χ0v) is 16.9. The quantitative estimate of drug-likeness (QED) is 0.817. The molecule has 0 saturated heterocycles. The maximum atomic E-state index is 12.4. The van der Waals surface area contributed by atoms with Crippen molar-refractivity contribution in [2.45, 2.75) is 38.0 Å². The van der Waals surface area contributed by atoms with Crippen molar-refractivity contribution in [3.05, 3.63) is 29.3 Å². The molecule has 8 heteroatoms. The summed E-state index contributed by atoms with van der Waals surface area (Å²) < 4.78 is 27.3. The van der Waals surface area contributed by atoms with Gasteiger partial charge in [-0.15, -0.1) is 0 Å². The SMILES string of the molecule is CC1CCCC(CN2CN=C(NS(=O)(=O)c3ccc(Cl)cc3)NC2)C1C. The van der Waals surface area contributed by atoms with E-state index in [2.05, 4.69) is 33.8 Å². The first-order chi connectivity index (χ1) is 12.3. The molecule has 2 N–H and O–H groups in total. The van der Waals surface area contributed by atoms with E-state index in [4.69, 9.17) is 11.6 Å². The Morgan fingerprint density at radius 1 is 1.27 bits per heavy atom. The molecule has 0 amide bonds. The predicted octanol–water partition coefficient (Wildman–Crippen LogP) is 2.87. The number of hydrogen-bond donors (Lipinski definition) is 2. The molecular formula is C18H27ClN4O2S. The van der Waals surface area contributed by atoms with E-state index in [0.29, 0.717) is 30.2 Å². The Hall–Kier alpha value is -1.31. The van der Waals surface area contributed by atoms with Crippen LogP contribution in [0, 0.1) is 17.8 Å². The molecule has 1 aliphatic heterocycles. The topological polar surface area (TPSA) is 73.8 Å². The molecule has 144 valence electrons. The van der Waals surface area contributed by atoms with Crippen LogP contribution in [-0.2, 0) is 10.0 Å². The van der Waals surface area contributed by atoms with Crippen molar-refractivity contribution >= 4 is 27.6 Å². The zero-order chi connectivity index (χ0) is 18.7. The number of sulfonamides is 1. The van der Waals surface area contributed by atoms with Gasteiger partial charge in [0, 0.05) is 11.6 Å². The number of guanidine groups is 1. The monoisotopic (exact) mass is 398 g/mol. The predicted molar refractivity (Wildman–Crippen MR) is 104 cm³/mol. The first-order valence-electron chi connectivity index (χ1n) is 9.14. The van der Waals surface area contributed by atoms with Crippen LogP contribution in [0.15, 0.2) is 34.2 Å². The molecule has 0 radical (unpaired) electrons. The van der Waals surface area contributed by atoms with E-state index in [9.17, 15) is 8.42 Å². The van der Waals surface area contributed by atoms with Gasteiger partial charge in [-0.1, -0.05) is 38.3 Å². The fraction of sp³-hybridized carbons (Fsp3) is 0.611. The van der Waals surface area contributed by atoms with Gasteiger partial charge in [0.25, 0.3) is 10.0 Å². The molecule has 1 aromatic carbocycles. The van der Waals surface area contributed by atoms with Crippen LogP contribution >= 0.6 is 11.6 Å². The Kier molecular flexibility index (Phi) is 6.10. The van der Waals surface area contributed by atoms with E-state index in [1.54, 1.807) is 12.1 Å². The highest BCUT2D eigenvalue weighted by molar-refractivity contribution is 7.90. The Morgan fingerprint density at radius 2 is 2.00 bits per heavy atom. The summed E-state index contributed by atoms with van der Waals surface area (Å²) in [4.78, 5) is 6.76. The number of hydrogen-bond acceptors (Lipinski definition) is 5. The number of rotatable bonds is 4. The molecule has 1 aliphatic carbocycles. The average molecular weight is 399 g/mol. The van der Waals surface area contributed by atoms with Crippen LogP contribution in [0.25, 0.3) is 0 Å². The summed E-state index contributed by atoms with van der Waals surface area (Å²) in [6.07, 6.45) is 3.89. The van der Waals surface area contributed by atoms with Crippen LogP contribution in [0.1, 0.15) is 33.1 Å². The van der Waals surface area contributed by atoms with Gasteiger partial charge in [-0.2, -0.15) is 0 Å². The van der Waals surface area contributed by atoms with E-state index in [1.165, 1.54) is 31.4 Å². The third-order valence-electron chi connectivity index (χ3n) is 5.62. The van der Waals surface area contributed by atoms with Crippen LogP contribution in [0.3, 0.4) is 0 Å². The Balaban J connectivity index is 1.56. The summed E-state index contributed by atoms with van der Waals surface area (Å²) in [6, 6.07) is 6.07. The van der Waals surface area contributed by atoms with Crippen LogP contribution in [-0.4, -0.2) is 39.2 Å². The highest BCUT2D eigenvalue weighted by Gasteiger charge is 2.29. The lowest BCUT2D eigenvalue weighted by Crippen LogP contribution is -2.51. The summed E-state index contributed by atoms with van der Waals surface area (Å²) in [5.41, 5.74) is 0. The lowest BCUT2D eigenvalue weighted by Gasteiger charge is -2.38. The van der Waals surface area contributed by atoms with Gasteiger partial charge >= 0.3 is 0 Å². The highest BCUT2D eigenvalue weighted by atomic mass is 35.5. The van der Waals surface area contributed by atoms with Crippen molar-refractivity contribution in [3.63, 3.8) is 0 Å². The summed E-state index contributed by atoms with van der Waals surface area (Å²) in [5, 5.41) is 3.58. The molecule has 1 aromatic rings. The zero-order valence-electron chi connectivity index (χ0n) is 15.3. The van der Waals surface area contributed by atoms with E-state index >= 15 is 0 Å². The average Bonchev–Trinajstić information content (AvgIpc) is 2.61. The van der Waals surface area contributed by atoms with Gasteiger partial charge in [0.2, 0.25) is 5.96 Å². The minimum absolute atomic E-state index is 0.166. The maximum Gasteiger partial charge on any atom is 0.264 e. The number of nitrogens with zero attached hydrogens (tertiary/aromatic N) is 2. The standard InChI is InChI=1S/C18H27ClN4O2S/c1-13-4-3-5-15(14(13)2)10-23-11-20-18(21-12-23)22-26(24,25)17-8-6-16(19)7-9-17/h6-9,13-15H,3-5,10-12H2,1-2H3,(H2,20,21,22). The highest BCUT2D eigenvalue weighted by Crippen LogP contribution is 2.34.